The normalized spacial score (nSPS) is 15.9. The number of hydrogen-bond acceptors (Lipinski definition) is 3. The van der Waals surface area contributed by atoms with Crippen LogP contribution in [0.1, 0.15) is 40.5 Å². The number of carbonyl (C=O) groups excluding carboxylic acids is 1. The Hall–Kier alpha value is -1.42. The molecule has 1 atom stereocenters. The van der Waals surface area contributed by atoms with E-state index in [1.165, 1.54) is 0 Å². The summed E-state index contributed by atoms with van der Waals surface area (Å²) in [6.07, 6.45) is 1.28. The summed E-state index contributed by atoms with van der Waals surface area (Å²) in [6.45, 7) is 9.68. The second kappa shape index (κ2) is 6.78. The second-order valence-electron chi connectivity index (χ2n) is 6.85. The number of halogens is 1. The summed E-state index contributed by atoms with van der Waals surface area (Å²) < 4.78 is 11.2. The Morgan fingerprint density at radius 3 is 2.45 bits per heavy atom. The molecule has 0 fully saturated rings. The van der Waals surface area contributed by atoms with Gasteiger partial charge in [-0.3, -0.25) is 4.79 Å². The molecule has 5 heteroatoms. The summed E-state index contributed by atoms with van der Waals surface area (Å²) in [7, 11) is 0. The zero-order valence-electron chi connectivity index (χ0n) is 13.7. The number of carbonyl (C=O) groups is 1. The van der Waals surface area contributed by atoms with Gasteiger partial charge in [0.15, 0.2) is 11.5 Å². The van der Waals surface area contributed by atoms with Crippen molar-refractivity contribution >= 4 is 23.2 Å². The summed E-state index contributed by atoms with van der Waals surface area (Å²) in [4.78, 5) is 12.2. The van der Waals surface area contributed by atoms with Gasteiger partial charge in [0.25, 0.3) is 0 Å². The third-order valence-corrected chi connectivity index (χ3v) is 4.39. The van der Waals surface area contributed by atoms with Crippen molar-refractivity contribution in [2.45, 2.75) is 40.5 Å². The average molecular weight is 326 g/mol. The smallest absolute Gasteiger partial charge is 0.224 e. The molecule has 0 bridgehead atoms. The molecule has 0 saturated carbocycles. The third-order valence-electron chi connectivity index (χ3n) is 4.08. The van der Waals surface area contributed by atoms with Gasteiger partial charge in [0, 0.05) is 25.0 Å². The molecule has 22 heavy (non-hydrogen) atoms. The largest absolute Gasteiger partial charge is 0.490 e. The van der Waals surface area contributed by atoms with Crippen LogP contribution in [0.25, 0.3) is 0 Å². The predicted octanol–water partition coefficient (Wildman–Crippen LogP) is 4.51. The molecule has 1 aliphatic heterocycles. The zero-order chi connectivity index (χ0) is 16.3. The van der Waals surface area contributed by atoms with E-state index in [1.54, 1.807) is 12.1 Å². The molecule has 1 N–H and O–H groups in total. The van der Waals surface area contributed by atoms with Crippen molar-refractivity contribution in [1.29, 1.82) is 0 Å². The highest BCUT2D eigenvalue weighted by Gasteiger charge is 2.23. The summed E-state index contributed by atoms with van der Waals surface area (Å²) in [6, 6.07) is 3.44. The average Bonchev–Trinajstić information content (AvgIpc) is 2.63. The van der Waals surface area contributed by atoms with Crippen LogP contribution in [0.2, 0.25) is 5.02 Å². The van der Waals surface area contributed by atoms with Gasteiger partial charge < -0.3 is 14.8 Å². The number of amides is 1. The molecule has 0 radical (unpaired) electrons. The summed E-state index contributed by atoms with van der Waals surface area (Å²) in [5.41, 5.74) is 0.656. The van der Waals surface area contributed by atoms with Crippen molar-refractivity contribution in [3.63, 3.8) is 0 Å². The van der Waals surface area contributed by atoms with Crippen LogP contribution in [0.15, 0.2) is 12.1 Å². The Morgan fingerprint density at radius 1 is 1.27 bits per heavy atom. The number of anilines is 1. The Balaban J connectivity index is 2.09. The predicted molar refractivity (Wildman–Crippen MR) is 88.9 cm³/mol. The van der Waals surface area contributed by atoms with Crippen LogP contribution in [-0.2, 0) is 4.79 Å². The fraction of sp³-hybridized carbons (Fsp3) is 0.588. The first-order chi connectivity index (χ1) is 10.3. The Bertz CT molecular complexity index is 552. The fourth-order valence-corrected chi connectivity index (χ4v) is 2.27. The Kier molecular flexibility index (Phi) is 5.22. The first-order valence-corrected chi connectivity index (χ1v) is 8.04. The van der Waals surface area contributed by atoms with Gasteiger partial charge in [0.05, 0.1) is 23.9 Å². The van der Waals surface area contributed by atoms with Crippen molar-refractivity contribution in [1.82, 2.24) is 0 Å². The molecule has 2 rings (SSSR count). The molecule has 1 heterocycles. The van der Waals surface area contributed by atoms with E-state index in [4.69, 9.17) is 21.1 Å². The molecule has 0 spiro atoms. The van der Waals surface area contributed by atoms with Crippen molar-refractivity contribution in [2.24, 2.45) is 11.3 Å². The minimum atomic E-state index is -0.0428. The minimum Gasteiger partial charge on any atom is -0.490 e. The van der Waals surface area contributed by atoms with Crippen molar-refractivity contribution in [3.8, 4) is 11.5 Å². The standard InChI is InChI=1S/C17H24ClNO3/c1-11(17(2,3)4)8-16(20)19-13-10-15-14(9-12(13)18)21-6-5-7-22-15/h9-11H,5-8H2,1-4H3,(H,19,20). The summed E-state index contributed by atoms with van der Waals surface area (Å²) in [5, 5.41) is 3.34. The summed E-state index contributed by atoms with van der Waals surface area (Å²) in [5.74, 6) is 1.48. The molecule has 4 nitrogen and oxygen atoms in total. The Labute approximate surface area is 137 Å². The van der Waals surface area contributed by atoms with Crippen LogP contribution in [0.5, 0.6) is 11.5 Å². The summed E-state index contributed by atoms with van der Waals surface area (Å²) >= 11 is 6.23. The zero-order valence-corrected chi connectivity index (χ0v) is 14.4. The quantitative estimate of drug-likeness (QED) is 0.889. The highest BCUT2D eigenvalue weighted by Crippen LogP contribution is 2.38. The van der Waals surface area contributed by atoms with Crippen LogP contribution in [0, 0.1) is 11.3 Å². The molecule has 1 aromatic rings. The molecular weight excluding hydrogens is 302 g/mol. The molecule has 0 aliphatic carbocycles. The topological polar surface area (TPSA) is 47.6 Å². The van der Waals surface area contributed by atoms with E-state index in [1.807, 2.05) is 0 Å². The SMILES string of the molecule is CC(CC(=O)Nc1cc2c(cc1Cl)OCCCO2)C(C)(C)C. The highest BCUT2D eigenvalue weighted by molar-refractivity contribution is 6.34. The van der Waals surface area contributed by atoms with Crippen LogP contribution in [-0.4, -0.2) is 19.1 Å². The molecule has 1 unspecified atom stereocenters. The van der Waals surface area contributed by atoms with Crippen LogP contribution in [0.3, 0.4) is 0 Å². The van der Waals surface area contributed by atoms with Crippen molar-refractivity contribution < 1.29 is 14.3 Å². The number of nitrogens with one attached hydrogen (secondary N) is 1. The van der Waals surface area contributed by atoms with Gasteiger partial charge in [0.2, 0.25) is 5.91 Å². The lowest BCUT2D eigenvalue weighted by molar-refractivity contribution is -0.117. The fourth-order valence-electron chi connectivity index (χ4n) is 2.07. The van der Waals surface area contributed by atoms with E-state index in [0.29, 0.717) is 41.8 Å². The molecule has 0 saturated heterocycles. The van der Waals surface area contributed by atoms with Gasteiger partial charge in [0.1, 0.15) is 0 Å². The molecule has 1 aromatic carbocycles. The van der Waals surface area contributed by atoms with Gasteiger partial charge in [-0.2, -0.15) is 0 Å². The minimum absolute atomic E-state index is 0.0428. The molecule has 1 amide bonds. The Morgan fingerprint density at radius 2 is 1.86 bits per heavy atom. The third kappa shape index (κ3) is 4.29. The van der Waals surface area contributed by atoms with Gasteiger partial charge in [-0.15, -0.1) is 0 Å². The number of hydrogen-bond donors (Lipinski definition) is 1. The first kappa shape index (κ1) is 16.9. The monoisotopic (exact) mass is 325 g/mol. The van der Waals surface area contributed by atoms with Crippen LogP contribution >= 0.6 is 11.6 Å². The lowest BCUT2D eigenvalue weighted by atomic mass is 9.80. The number of benzene rings is 1. The molecular formula is C17H24ClNO3. The lowest BCUT2D eigenvalue weighted by Crippen LogP contribution is -2.24. The van der Waals surface area contributed by atoms with E-state index in [-0.39, 0.29) is 17.2 Å². The number of ether oxygens (including phenoxy) is 2. The number of rotatable bonds is 3. The van der Waals surface area contributed by atoms with Crippen molar-refractivity contribution in [3.05, 3.63) is 17.2 Å². The molecule has 0 aromatic heterocycles. The van der Waals surface area contributed by atoms with Gasteiger partial charge in [-0.05, 0) is 11.3 Å². The second-order valence-corrected chi connectivity index (χ2v) is 7.26. The van der Waals surface area contributed by atoms with E-state index in [9.17, 15) is 4.79 Å². The molecule has 1 aliphatic rings. The van der Waals surface area contributed by atoms with E-state index >= 15 is 0 Å². The van der Waals surface area contributed by atoms with Gasteiger partial charge >= 0.3 is 0 Å². The van der Waals surface area contributed by atoms with Crippen LogP contribution in [0.4, 0.5) is 5.69 Å². The van der Waals surface area contributed by atoms with E-state index in [2.05, 4.69) is 33.0 Å². The molecule has 122 valence electrons. The van der Waals surface area contributed by atoms with Crippen molar-refractivity contribution in [2.75, 3.05) is 18.5 Å². The lowest BCUT2D eigenvalue weighted by Gasteiger charge is -2.26. The van der Waals surface area contributed by atoms with Gasteiger partial charge in [-0.25, -0.2) is 0 Å². The van der Waals surface area contributed by atoms with E-state index in [0.717, 1.165) is 6.42 Å². The van der Waals surface area contributed by atoms with E-state index < -0.39 is 0 Å². The number of fused-ring (bicyclic) bond motifs is 1. The maximum absolute atomic E-state index is 12.2. The van der Waals surface area contributed by atoms with Crippen LogP contribution < -0.4 is 14.8 Å². The maximum Gasteiger partial charge on any atom is 0.224 e. The van der Waals surface area contributed by atoms with Gasteiger partial charge in [-0.1, -0.05) is 39.3 Å². The highest BCUT2D eigenvalue weighted by atomic mass is 35.5. The maximum atomic E-state index is 12.2. The first-order valence-electron chi connectivity index (χ1n) is 7.66.